The number of anilines is 1. The van der Waals surface area contributed by atoms with Crippen molar-refractivity contribution in [2.24, 2.45) is 0 Å². The number of aromatic amines is 1. The summed E-state index contributed by atoms with van der Waals surface area (Å²) in [5.41, 5.74) is 0.0513. The number of hydrogen-bond donors (Lipinski definition) is 3. The van der Waals surface area contributed by atoms with Crippen LogP contribution >= 0.6 is 0 Å². The molecule has 170 valence electrons. The Morgan fingerprint density at radius 2 is 1.91 bits per heavy atom. The van der Waals surface area contributed by atoms with Crippen molar-refractivity contribution >= 4 is 28.5 Å². The Morgan fingerprint density at radius 3 is 2.67 bits per heavy atom. The van der Waals surface area contributed by atoms with E-state index in [4.69, 9.17) is 4.52 Å². The molecule has 0 radical (unpaired) electrons. The monoisotopic (exact) mass is 458 g/mol. The first-order valence-electron chi connectivity index (χ1n) is 9.68. The van der Waals surface area contributed by atoms with Gasteiger partial charge in [-0.05, 0) is 37.6 Å². The van der Waals surface area contributed by atoms with Crippen LogP contribution in [0.2, 0.25) is 0 Å². The fourth-order valence-electron chi connectivity index (χ4n) is 3.19. The van der Waals surface area contributed by atoms with E-state index in [2.05, 4.69) is 30.7 Å². The van der Waals surface area contributed by atoms with Crippen LogP contribution in [0.5, 0.6) is 0 Å². The molecule has 0 unspecified atom stereocenters. The molecule has 0 bridgehead atoms. The van der Waals surface area contributed by atoms with Crippen molar-refractivity contribution in [3.63, 3.8) is 0 Å². The van der Waals surface area contributed by atoms with Gasteiger partial charge in [-0.2, -0.15) is 13.2 Å². The number of aryl methyl sites for hydroxylation is 1. The fraction of sp³-hybridized carbons (Fsp3) is 0.190. The maximum Gasteiger partial charge on any atom is 0.416 e. The van der Waals surface area contributed by atoms with Crippen LogP contribution in [0.4, 0.5) is 18.9 Å². The Kier molecular flexibility index (Phi) is 5.58. The summed E-state index contributed by atoms with van der Waals surface area (Å²) < 4.78 is 44.3. The van der Waals surface area contributed by atoms with E-state index in [9.17, 15) is 22.8 Å². The Balaban J connectivity index is 1.46. The highest BCUT2D eigenvalue weighted by Crippen LogP contribution is 2.33. The van der Waals surface area contributed by atoms with Crippen LogP contribution in [0.3, 0.4) is 0 Å². The number of carbonyl (C=O) groups is 2. The number of amides is 2. The van der Waals surface area contributed by atoms with Gasteiger partial charge in [-0.15, -0.1) is 0 Å². The number of carbonyl (C=O) groups excluding carboxylic acids is 2. The predicted molar refractivity (Wildman–Crippen MR) is 110 cm³/mol. The van der Waals surface area contributed by atoms with Crippen LogP contribution in [-0.4, -0.2) is 31.9 Å². The van der Waals surface area contributed by atoms with Crippen LogP contribution in [-0.2, 0) is 6.18 Å². The molecule has 0 fully saturated rings. The lowest BCUT2D eigenvalue weighted by atomic mass is 10.1. The number of nitrogens with one attached hydrogen (secondary N) is 3. The normalized spacial score (nSPS) is 12.5. The Bertz CT molecular complexity index is 1340. The third-order valence-electron chi connectivity index (χ3n) is 4.91. The quantitative estimate of drug-likeness (QED) is 0.415. The number of fused-ring (bicyclic) bond motifs is 1. The van der Waals surface area contributed by atoms with Crippen molar-refractivity contribution < 1.29 is 27.3 Å². The summed E-state index contributed by atoms with van der Waals surface area (Å²) in [5, 5.41) is 9.38. The van der Waals surface area contributed by atoms with E-state index in [0.29, 0.717) is 11.0 Å². The second-order valence-corrected chi connectivity index (χ2v) is 7.25. The molecule has 2 amide bonds. The number of rotatable bonds is 5. The fourth-order valence-corrected chi connectivity index (χ4v) is 3.19. The van der Waals surface area contributed by atoms with Crippen molar-refractivity contribution in [2.75, 3.05) is 5.32 Å². The van der Waals surface area contributed by atoms with Gasteiger partial charge in [-0.25, -0.2) is 9.97 Å². The standard InChI is InChI=1S/C21H17F3N6O3/c1-10-3-4-12(7-14(10)21(22,23)24)29-19(31)16-8-15(30-33-16)11(2)28-20(32)17-13-5-6-25-18(13)27-9-26-17/h3-9,11H,1-2H3,(H,28,32)(H,29,31)(H,25,26,27)/t11-/m1/s1. The first-order chi connectivity index (χ1) is 15.6. The SMILES string of the molecule is Cc1ccc(NC(=O)c2cc([C@@H](C)NC(=O)c3ncnc4[nH]ccc34)no2)cc1C(F)(F)F. The Labute approximate surface area is 184 Å². The molecule has 3 heterocycles. The van der Waals surface area contributed by atoms with Crippen molar-refractivity contribution in [3.8, 4) is 0 Å². The van der Waals surface area contributed by atoms with E-state index >= 15 is 0 Å². The van der Waals surface area contributed by atoms with Gasteiger partial charge in [0.05, 0.1) is 17.0 Å². The number of benzene rings is 1. The number of aromatic nitrogens is 4. The summed E-state index contributed by atoms with van der Waals surface area (Å²) in [6.45, 7) is 2.96. The largest absolute Gasteiger partial charge is 0.416 e. The first kappa shape index (κ1) is 22.0. The van der Waals surface area contributed by atoms with Gasteiger partial charge in [-0.1, -0.05) is 11.2 Å². The van der Waals surface area contributed by atoms with E-state index in [-0.39, 0.29) is 28.4 Å². The molecular formula is C21H17F3N6O3. The molecular weight excluding hydrogens is 441 g/mol. The molecule has 1 atom stereocenters. The highest BCUT2D eigenvalue weighted by Gasteiger charge is 2.32. The zero-order chi connectivity index (χ0) is 23.8. The van der Waals surface area contributed by atoms with Crippen LogP contribution in [0.15, 0.2) is 47.4 Å². The average Bonchev–Trinajstić information content (AvgIpc) is 3.43. The predicted octanol–water partition coefficient (Wildman–Crippen LogP) is 4.02. The maximum absolute atomic E-state index is 13.1. The van der Waals surface area contributed by atoms with E-state index in [0.717, 1.165) is 6.07 Å². The molecule has 3 aromatic heterocycles. The highest BCUT2D eigenvalue weighted by atomic mass is 19.4. The highest BCUT2D eigenvalue weighted by molar-refractivity contribution is 6.04. The minimum atomic E-state index is -4.55. The van der Waals surface area contributed by atoms with Gasteiger partial charge in [-0.3, -0.25) is 9.59 Å². The average molecular weight is 458 g/mol. The van der Waals surface area contributed by atoms with Gasteiger partial charge >= 0.3 is 6.18 Å². The topological polar surface area (TPSA) is 126 Å². The van der Waals surface area contributed by atoms with E-state index in [1.54, 1.807) is 19.2 Å². The molecule has 4 rings (SSSR count). The Morgan fingerprint density at radius 1 is 1.12 bits per heavy atom. The van der Waals surface area contributed by atoms with Crippen LogP contribution in [0.25, 0.3) is 11.0 Å². The number of hydrogen-bond acceptors (Lipinski definition) is 6. The van der Waals surface area contributed by atoms with Crippen molar-refractivity contribution in [2.45, 2.75) is 26.1 Å². The third kappa shape index (κ3) is 4.54. The Hall–Kier alpha value is -4.22. The number of H-pyrrole nitrogens is 1. The minimum Gasteiger partial charge on any atom is -0.351 e. The summed E-state index contributed by atoms with van der Waals surface area (Å²) in [7, 11) is 0. The number of halogens is 3. The zero-order valence-electron chi connectivity index (χ0n) is 17.3. The van der Waals surface area contributed by atoms with Gasteiger partial charge in [0.2, 0.25) is 5.76 Å². The van der Waals surface area contributed by atoms with Crippen molar-refractivity contribution in [1.29, 1.82) is 0 Å². The summed E-state index contributed by atoms with van der Waals surface area (Å²) in [6.07, 6.45) is -1.66. The number of nitrogens with zero attached hydrogens (tertiary/aromatic N) is 3. The summed E-state index contributed by atoms with van der Waals surface area (Å²) in [4.78, 5) is 36.0. The van der Waals surface area contributed by atoms with Crippen LogP contribution in [0.1, 0.15) is 50.8 Å². The molecule has 0 saturated heterocycles. The van der Waals surface area contributed by atoms with Crippen LogP contribution < -0.4 is 10.6 Å². The van der Waals surface area contributed by atoms with E-state index in [1.807, 2.05) is 0 Å². The lowest BCUT2D eigenvalue weighted by molar-refractivity contribution is -0.138. The summed E-state index contributed by atoms with van der Waals surface area (Å²) in [6, 6.07) is 5.77. The molecule has 12 heteroatoms. The van der Waals surface area contributed by atoms with Gasteiger partial charge in [0.15, 0.2) is 0 Å². The molecule has 9 nitrogen and oxygen atoms in total. The van der Waals surface area contributed by atoms with Crippen molar-refractivity contribution in [1.82, 2.24) is 25.4 Å². The molecule has 0 aliphatic heterocycles. The summed E-state index contributed by atoms with van der Waals surface area (Å²) in [5.74, 6) is -1.49. The van der Waals surface area contributed by atoms with Crippen LogP contribution in [0, 0.1) is 6.92 Å². The minimum absolute atomic E-state index is 0.0348. The lowest BCUT2D eigenvalue weighted by Crippen LogP contribution is -2.27. The number of alkyl halides is 3. The van der Waals surface area contributed by atoms with Crippen molar-refractivity contribution in [3.05, 3.63) is 71.1 Å². The van der Waals surface area contributed by atoms with Gasteiger partial charge < -0.3 is 20.1 Å². The second-order valence-electron chi connectivity index (χ2n) is 7.25. The van der Waals surface area contributed by atoms with Gasteiger partial charge in [0.1, 0.15) is 23.4 Å². The molecule has 0 spiro atoms. The molecule has 4 aromatic rings. The van der Waals surface area contributed by atoms with E-state index < -0.39 is 29.6 Å². The van der Waals surface area contributed by atoms with E-state index in [1.165, 1.54) is 31.5 Å². The second kappa shape index (κ2) is 8.37. The molecule has 33 heavy (non-hydrogen) atoms. The molecule has 3 N–H and O–H groups in total. The van der Waals surface area contributed by atoms with Gasteiger partial charge in [0, 0.05) is 18.0 Å². The smallest absolute Gasteiger partial charge is 0.351 e. The third-order valence-corrected chi connectivity index (χ3v) is 4.91. The maximum atomic E-state index is 13.1. The zero-order valence-corrected chi connectivity index (χ0v) is 17.3. The van der Waals surface area contributed by atoms with Gasteiger partial charge in [0.25, 0.3) is 11.8 Å². The molecule has 0 aliphatic rings. The first-order valence-corrected chi connectivity index (χ1v) is 9.68. The molecule has 0 saturated carbocycles. The summed E-state index contributed by atoms with van der Waals surface area (Å²) >= 11 is 0. The lowest BCUT2D eigenvalue weighted by Gasteiger charge is -2.12. The molecule has 0 aliphatic carbocycles. The molecule has 1 aromatic carbocycles.